The number of nitrogens with one attached hydrogen (secondary N) is 1. The van der Waals surface area contributed by atoms with Crippen molar-refractivity contribution in [3.05, 3.63) is 59.7 Å². The van der Waals surface area contributed by atoms with Crippen molar-refractivity contribution in [1.82, 2.24) is 5.32 Å². The second-order valence-electron chi connectivity index (χ2n) is 6.24. The van der Waals surface area contributed by atoms with Crippen molar-refractivity contribution in [3.8, 4) is 5.75 Å². The molecule has 0 aromatic heterocycles. The Balaban J connectivity index is 1.50. The summed E-state index contributed by atoms with van der Waals surface area (Å²) in [6.07, 6.45) is 0. The van der Waals surface area contributed by atoms with Gasteiger partial charge in [-0.2, -0.15) is 0 Å². The third-order valence-corrected chi connectivity index (χ3v) is 7.16. The first kappa shape index (κ1) is 19.0. The molecule has 1 heterocycles. The van der Waals surface area contributed by atoms with E-state index in [0.29, 0.717) is 11.1 Å². The summed E-state index contributed by atoms with van der Waals surface area (Å²) in [4.78, 5) is 14.2. The van der Waals surface area contributed by atoms with Crippen molar-refractivity contribution in [3.63, 3.8) is 0 Å². The first-order valence-electron chi connectivity index (χ1n) is 8.61. The zero-order valence-corrected chi connectivity index (χ0v) is 16.7. The van der Waals surface area contributed by atoms with E-state index in [-0.39, 0.29) is 12.5 Å². The van der Waals surface area contributed by atoms with Gasteiger partial charge in [0, 0.05) is 43.4 Å². The number of hydrogen-bond donors (Lipinski definition) is 1. The number of amides is 1. The van der Waals surface area contributed by atoms with E-state index >= 15 is 0 Å². The standard InChI is InChI=1S/C20H24N2O2S2/c1-22(2)16-9-7-15(8-10-16)13-21-19(23)14-24-18-6-4-3-5-17(18)20-25-11-12-26-20/h3-10,20H,11-14H2,1-2H3,(H,21,23). The van der Waals surface area contributed by atoms with Crippen molar-refractivity contribution in [2.24, 2.45) is 0 Å². The number of para-hydroxylation sites is 1. The van der Waals surface area contributed by atoms with Gasteiger partial charge in [0.25, 0.3) is 5.91 Å². The Hall–Kier alpha value is -1.79. The van der Waals surface area contributed by atoms with E-state index in [0.717, 1.165) is 28.5 Å². The molecular weight excluding hydrogens is 364 g/mol. The molecule has 1 fully saturated rings. The smallest absolute Gasteiger partial charge is 0.258 e. The lowest BCUT2D eigenvalue weighted by atomic mass is 10.2. The van der Waals surface area contributed by atoms with E-state index < -0.39 is 0 Å². The van der Waals surface area contributed by atoms with Crippen molar-refractivity contribution in [2.45, 2.75) is 11.1 Å². The van der Waals surface area contributed by atoms with Gasteiger partial charge in [-0.3, -0.25) is 4.79 Å². The quantitative estimate of drug-likeness (QED) is 0.778. The highest BCUT2D eigenvalue weighted by atomic mass is 32.2. The summed E-state index contributed by atoms with van der Waals surface area (Å²) >= 11 is 3.87. The largest absolute Gasteiger partial charge is 0.483 e. The van der Waals surface area contributed by atoms with Crippen LogP contribution >= 0.6 is 23.5 Å². The average molecular weight is 389 g/mol. The van der Waals surface area contributed by atoms with Crippen LogP contribution in [0.25, 0.3) is 0 Å². The molecule has 0 radical (unpaired) electrons. The molecule has 6 heteroatoms. The van der Waals surface area contributed by atoms with Crippen molar-refractivity contribution in [2.75, 3.05) is 37.1 Å². The fourth-order valence-corrected chi connectivity index (χ4v) is 5.56. The van der Waals surface area contributed by atoms with Crippen LogP contribution in [-0.2, 0) is 11.3 Å². The van der Waals surface area contributed by atoms with Crippen molar-refractivity contribution in [1.29, 1.82) is 0 Å². The van der Waals surface area contributed by atoms with Crippen molar-refractivity contribution >= 4 is 35.1 Å². The molecule has 0 bridgehead atoms. The molecule has 1 N–H and O–H groups in total. The Morgan fingerprint density at radius 2 is 1.81 bits per heavy atom. The molecule has 1 aliphatic heterocycles. The summed E-state index contributed by atoms with van der Waals surface area (Å²) in [6.45, 7) is 0.542. The molecule has 1 saturated heterocycles. The van der Waals surface area contributed by atoms with Crippen LogP contribution in [0.4, 0.5) is 5.69 Å². The normalized spacial score (nSPS) is 14.2. The number of hydrogen-bond acceptors (Lipinski definition) is 5. The molecule has 138 valence electrons. The maximum absolute atomic E-state index is 12.1. The maximum Gasteiger partial charge on any atom is 0.258 e. The topological polar surface area (TPSA) is 41.6 Å². The fourth-order valence-electron chi connectivity index (χ4n) is 2.65. The predicted molar refractivity (Wildman–Crippen MR) is 112 cm³/mol. The molecular formula is C20H24N2O2S2. The Kier molecular flexibility index (Phi) is 6.74. The number of nitrogens with zero attached hydrogens (tertiary/aromatic N) is 1. The lowest BCUT2D eigenvalue weighted by Crippen LogP contribution is -2.28. The summed E-state index contributed by atoms with van der Waals surface area (Å²) in [7, 11) is 4.02. The number of carbonyl (C=O) groups excluding carboxylic acids is 1. The Morgan fingerprint density at radius 1 is 1.12 bits per heavy atom. The lowest BCUT2D eigenvalue weighted by molar-refractivity contribution is -0.123. The van der Waals surface area contributed by atoms with Gasteiger partial charge in [-0.25, -0.2) is 0 Å². The molecule has 0 unspecified atom stereocenters. The van der Waals surface area contributed by atoms with Crippen LogP contribution in [0.3, 0.4) is 0 Å². The highest BCUT2D eigenvalue weighted by molar-refractivity contribution is 8.19. The van der Waals surface area contributed by atoms with Gasteiger partial charge < -0.3 is 15.0 Å². The van der Waals surface area contributed by atoms with Gasteiger partial charge in [-0.05, 0) is 23.8 Å². The molecule has 1 amide bonds. The predicted octanol–water partition coefficient (Wildman–Crippen LogP) is 3.93. The second-order valence-corrected chi connectivity index (χ2v) is 8.96. The molecule has 0 atom stereocenters. The zero-order chi connectivity index (χ0) is 18.4. The summed E-state index contributed by atoms with van der Waals surface area (Å²) in [6, 6.07) is 16.2. The molecule has 0 spiro atoms. The molecule has 2 aromatic rings. The van der Waals surface area contributed by atoms with Crippen LogP contribution in [0, 0.1) is 0 Å². The summed E-state index contributed by atoms with van der Waals surface area (Å²) in [5.74, 6) is 3.03. The zero-order valence-electron chi connectivity index (χ0n) is 15.1. The summed E-state index contributed by atoms with van der Waals surface area (Å²) < 4.78 is 6.21. The first-order chi connectivity index (χ1) is 12.6. The van der Waals surface area contributed by atoms with Crippen LogP contribution in [0.2, 0.25) is 0 Å². The highest BCUT2D eigenvalue weighted by Crippen LogP contribution is 2.48. The molecule has 26 heavy (non-hydrogen) atoms. The fraction of sp³-hybridized carbons (Fsp3) is 0.350. The number of rotatable bonds is 7. The van der Waals surface area contributed by atoms with E-state index in [4.69, 9.17) is 4.74 Å². The molecule has 3 rings (SSSR count). The van der Waals surface area contributed by atoms with Gasteiger partial charge in [0.05, 0.1) is 4.58 Å². The number of benzene rings is 2. The van der Waals surface area contributed by atoms with E-state index in [9.17, 15) is 4.79 Å². The average Bonchev–Trinajstić information content (AvgIpc) is 3.20. The minimum atomic E-state index is -0.108. The monoisotopic (exact) mass is 388 g/mol. The molecule has 2 aromatic carbocycles. The SMILES string of the molecule is CN(C)c1ccc(CNC(=O)COc2ccccc2C2SCCS2)cc1. The van der Waals surface area contributed by atoms with E-state index in [1.807, 2.05) is 80.1 Å². The van der Waals surface area contributed by atoms with Gasteiger partial charge in [-0.15, -0.1) is 23.5 Å². The van der Waals surface area contributed by atoms with Crippen LogP contribution in [0.5, 0.6) is 5.75 Å². The first-order valence-corrected chi connectivity index (χ1v) is 10.7. The third kappa shape index (κ3) is 5.11. The van der Waals surface area contributed by atoms with Gasteiger partial charge in [-0.1, -0.05) is 30.3 Å². The van der Waals surface area contributed by atoms with Crippen LogP contribution < -0.4 is 15.0 Å². The van der Waals surface area contributed by atoms with Crippen LogP contribution in [-0.4, -0.2) is 38.1 Å². The number of anilines is 1. The number of ether oxygens (including phenoxy) is 1. The van der Waals surface area contributed by atoms with Crippen molar-refractivity contribution < 1.29 is 9.53 Å². The van der Waals surface area contributed by atoms with Gasteiger partial charge in [0.15, 0.2) is 6.61 Å². The second kappa shape index (κ2) is 9.24. The van der Waals surface area contributed by atoms with E-state index in [1.165, 1.54) is 5.56 Å². The molecule has 1 aliphatic rings. The van der Waals surface area contributed by atoms with Gasteiger partial charge >= 0.3 is 0 Å². The van der Waals surface area contributed by atoms with Gasteiger partial charge in [0.1, 0.15) is 5.75 Å². The van der Waals surface area contributed by atoms with Crippen LogP contribution in [0.15, 0.2) is 48.5 Å². The Bertz CT molecular complexity index is 729. The number of carbonyl (C=O) groups is 1. The van der Waals surface area contributed by atoms with E-state index in [1.54, 1.807) is 0 Å². The molecule has 0 saturated carbocycles. The Morgan fingerprint density at radius 3 is 2.50 bits per heavy atom. The Labute approximate surface area is 163 Å². The minimum absolute atomic E-state index is 0.0366. The highest BCUT2D eigenvalue weighted by Gasteiger charge is 2.21. The summed E-state index contributed by atoms with van der Waals surface area (Å²) in [5, 5.41) is 2.92. The summed E-state index contributed by atoms with van der Waals surface area (Å²) in [5.41, 5.74) is 3.39. The molecule has 4 nitrogen and oxygen atoms in total. The third-order valence-electron chi connectivity index (χ3n) is 4.10. The molecule has 0 aliphatic carbocycles. The van der Waals surface area contributed by atoms with Crippen LogP contribution in [0.1, 0.15) is 15.7 Å². The van der Waals surface area contributed by atoms with Gasteiger partial charge in [0.2, 0.25) is 0 Å². The van der Waals surface area contributed by atoms with E-state index in [2.05, 4.69) is 16.3 Å². The minimum Gasteiger partial charge on any atom is -0.483 e. The lowest BCUT2D eigenvalue weighted by Gasteiger charge is -2.15. The number of thioether (sulfide) groups is 2. The maximum atomic E-state index is 12.1.